The molecule has 1 aliphatic rings. The quantitative estimate of drug-likeness (QED) is 0.802. The van der Waals surface area contributed by atoms with Gasteiger partial charge in [0.2, 0.25) is 0 Å². The summed E-state index contributed by atoms with van der Waals surface area (Å²) in [4.78, 5) is 4.55. The van der Waals surface area contributed by atoms with Crippen LogP contribution in [-0.4, -0.2) is 22.8 Å². The third-order valence-electron chi connectivity index (χ3n) is 3.62. The normalized spacial score (nSPS) is 23.3. The van der Waals surface area contributed by atoms with Gasteiger partial charge in [0.25, 0.3) is 0 Å². The lowest BCUT2D eigenvalue weighted by Gasteiger charge is -2.36. The molecule has 0 bridgehead atoms. The number of hydrogen-bond donors (Lipinski definition) is 0. The van der Waals surface area contributed by atoms with E-state index in [1.807, 2.05) is 18.2 Å². The molecule has 0 unspecified atom stereocenters. The van der Waals surface area contributed by atoms with Crippen molar-refractivity contribution in [2.75, 3.05) is 7.11 Å². The fraction of sp³-hybridized carbons (Fsp3) is 0.462. The van der Waals surface area contributed by atoms with Crippen LogP contribution in [0.5, 0.6) is 0 Å². The predicted molar refractivity (Wildman–Crippen MR) is 73.4 cm³/mol. The van der Waals surface area contributed by atoms with Crippen LogP contribution >= 0.6 is 23.2 Å². The molecule has 0 saturated heterocycles. The highest BCUT2D eigenvalue weighted by molar-refractivity contribution is 6.35. The maximum atomic E-state index is 6.29. The van der Waals surface area contributed by atoms with Gasteiger partial charge in [0.15, 0.2) is 0 Å². The van der Waals surface area contributed by atoms with E-state index in [1.54, 1.807) is 7.11 Å². The number of nitrogens with zero attached hydrogens (tertiary/aromatic N) is 2. The zero-order valence-electron chi connectivity index (χ0n) is 10.1. The second kappa shape index (κ2) is 4.72. The number of halogens is 2. The smallest absolute Gasteiger partial charge is 0.125 e. The molecule has 0 aliphatic heterocycles. The maximum Gasteiger partial charge on any atom is 0.125 e. The summed E-state index contributed by atoms with van der Waals surface area (Å²) >= 11 is 12.3. The van der Waals surface area contributed by atoms with Gasteiger partial charge in [-0.15, -0.1) is 11.6 Å². The Morgan fingerprint density at radius 1 is 1.44 bits per heavy atom. The molecular formula is C13H14Cl2N2O. The molecule has 0 N–H and O–H groups in total. The Morgan fingerprint density at radius 3 is 2.89 bits per heavy atom. The van der Waals surface area contributed by atoms with E-state index in [0.29, 0.717) is 18.0 Å². The van der Waals surface area contributed by atoms with Crippen LogP contribution in [0.3, 0.4) is 0 Å². The maximum absolute atomic E-state index is 6.29. The van der Waals surface area contributed by atoms with Crippen molar-refractivity contribution in [2.45, 2.75) is 30.9 Å². The summed E-state index contributed by atoms with van der Waals surface area (Å²) in [5.41, 5.74) is 1.91. The molecule has 0 radical (unpaired) electrons. The summed E-state index contributed by atoms with van der Waals surface area (Å²) in [7, 11) is 1.75. The average Bonchev–Trinajstić information content (AvgIpc) is 2.68. The lowest BCUT2D eigenvalue weighted by Crippen LogP contribution is -2.33. The average molecular weight is 285 g/mol. The van der Waals surface area contributed by atoms with Crippen LogP contribution in [0.15, 0.2) is 18.2 Å². The molecule has 1 saturated carbocycles. The minimum absolute atomic E-state index is 0.345. The molecule has 2 aromatic rings. The van der Waals surface area contributed by atoms with Gasteiger partial charge in [-0.1, -0.05) is 17.7 Å². The molecule has 1 fully saturated rings. The molecule has 1 aromatic carbocycles. The number of fused-ring (bicyclic) bond motifs is 1. The fourth-order valence-electron chi connectivity index (χ4n) is 2.58. The summed E-state index contributed by atoms with van der Waals surface area (Å²) in [5.74, 6) is 1.29. The Labute approximate surface area is 116 Å². The summed E-state index contributed by atoms with van der Waals surface area (Å²) in [6.07, 6.45) is 2.34. The van der Waals surface area contributed by atoms with Crippen LogP contribution in [0.2, 0.25) is 5.02 Å². The first kappa shape index (κ1) is 12.3. The number of para-hydroxylation sites is 1. The minimum atomic E-state index is 0.345. The SMILES string of the molecule is COC1CC(n2c(CCl)nc3cccc(Cl)c32)C1. The van der Waals surface area contributed by atoms with Crippen LogP contribution in [0.1, 0.15) is 24.7 Å². The summed E-state index contributed by atoms with van der Waals surface area (Å²) in [6, 6.07) is 6.18. The second-order valence-corrected chi connectivity index (χ2v) is 5.30. The Morgan fingerprint density at radius 2 is 2.22 bits per heavy atom. The van der Waals surface area contributed by atoms with Gasteiger partial charge in [-0.25, -0.2) is 4.98 Å². The van der Waals surface area contributed by atoms with Crippen molar-refractivity contribution in [1.82, 2.24) is 9.55 Å². The third-order valence-corrected chi connectivity index (χ3v) is 4.17. The molecule has 0 spiro atoms. The van der Waals surface area contributed by atoms with Gasteiger partial charge in [0.1, 0.15) is 5.82 Å². The van der Waals surface area contributed by atoms with E-state index in [2.05, 4.69) is 9.55 Å². The lowest BCUT2D eigenvalue weighted by molar-refractivity contribution is 0.00675. The van der Waals surface area contributed by atoms with Crippen LogP contribution in [0.4, 0.5) is 0 Å². The van der Waals surface area contributed by atoms with Crippen molar-refractivity contribution in [3.05, 3.63) is 29.0 Å². The fourth-order valence-corrected chi connectivity index (χ4v) is 3.03. The van der Waals surface area contributed by atoms with Crippen molar-refractivity contribution < 1.29 is 4.74 Å². The number of ether oxygens (including phenoxy) is 1. The highest BCUT2D eigenvalue weighted by Crippen LogP contribution is 2.39. The van der Waals surface area contributed by atoms with E-state index in [0.717, 1.165) is 34.7 Å². The number of rotatable bonds is 3. The zero-order chi connectivity index (χ0) is 12.7. The molecule has 0 amide bonds. The van der Waals surface area contributed by atoms with Crippen molar-refractivity contribution in [3.8, 4) is 0 Å². The molecule has 1 aromatic heterocycles. The molecule has 1 aliphatic carbocycles. The highest BCUT2D eigenvalue weighted by Gasteiger charge is 2.33. The van der Waals surface area contributed by atoms with E-state index < -0.39 is 0 Å². The number of benzene rings is 1. The van der Waals surface area contributed by atoms with E-state index in [4.69, 9.17) is 27.9 Å². The standard InChI is InChI=1S/C13H14Cl2N2O/c1-18-9-5-8(6-9)17-12(7-14)16-11-4-2-3-10(15)13(11)17/h2-4,8-9H,5-7H2,1H3. The molecule has 3 rings (SSSR count). The Hall–Kier alpha value is -0.770. The minimum Gasteiger partial charge on any atom is -0.381 e. The Kier molecular flexibility index (Phi) is 3.22. The van der Waals surface area contributed by atoms with Crippen molar-refractivity contribution in [2.24, 2.45) is 0 Å². The number of aromatic nitrogens is 2. The topological polar surface area (TPSA) is 27.1 Å². The van der Waals surface area contributed by atoms with Crippen molar-refractivity contribution in [3.63, 3.8) is 0 Å². The summed E-state index contributed by atoms with van der Waals surface area (Å²) < 4.78 is 7.51. The van der Waals surface area contributed by atoms with Gasteiger partial charge >= 0.3 is 0 Å². The van der Waals surface area contributed by atoms with E-state index in [9.17, 15) is 0 Å². The van der Waals surface area contributed by atoms with Crippen molar-refractivity contribution >= 4 is 34.2 Å². The first-order valence-electron chi connectivity index (χ1n) is 5.98. The Balaban J connectivity index is 2.09. The van der Waals surface area contributed by atoms with Crippen LogP contribution in [-0.2, 0) is 10.6 Å². The Bertz CT molecular complexity index is 576. The van der Waals surface area contributed by atoms with E-state index in [1.165, 1.54) is 0 Å². The van der Waals surface area contributed by atoms with Crippen LogP contribution < -0.4 is 0 Å². The van der Waals surface area contributed by atoms with Gasteiger partial charge in [0, 0.05) is 13.2 Å². The highest BCUT2D eigenvalue weighted by atomic mass is 35.5. The van der Waals surface area contributed by atoms with Gasteiger partial charge < -0.3 is 9.30 Å². The van der Waals surface area contributed by atoms with Gasteiger partial charge in [-0.05, 0) is 25.0 Å². The van der Waals surface area contributed by atoms with Crippen LogP contribution in [0.25, 0.3) is 11.0 Å². The molecular weight excluding hydrogens is 271 g/mol. The summed E-state index contributed by atoms with van der Waals surface area (Å²) in [5, 5.41) is 0.734. The van der Waals surface area contributed by atoms with E-state index >= 15 is 0 Å². The van der Waals surface area contributed by atoms with E-state index in [-0.39, 0.29) is 0 Å². The number of imidazole rings is 1. The first-order valence-corrected chi connectivity index (χ1v) is 6.90. The van der Waals surface area contributed by atoms with Crippen LogP contribution in [0, 0.1) is 0 Å². The molecule has 96 valence electrons. The van der Waals surface area contributed by atoms with Gasteiger partial charge in [-0.3, -0.25) is 0 Å². The lowest BCUT2D eigenvalue weighted by atomic mass is 9.89. The second-order valence-electron chi connectivity index (χ2n) is 4.62. The predicted octanol–water partition coefficient (Wildman–Crippen LogP) is 3.78. The van der Waals surface area contributed by atoms with Crippen molar-refractivity contribution in [1.29, 1.82) is 0 Å². The molecule has 0 atom stereocenters. The van der Waals surface area contributed by atoms with Gasteiger partial charge in [0.05, 0.1) is 28.0 Å². The zero-order valence-corrected chi connectivity index (χ0v) is 11.6. The molecule has 18 heavy (non-hydrogen) atoms. The molecule has 3 nitrogen and oxygen atoms in total. The van der Waals surface area contributed by atoms with Gasteiger partial charge in [-0.2, -0.15) is 0 Å². The number of hydrogen-bond acceptors (Lipinski definition) is 2. The largest absolute Gasteiger partial charge is 0.381 e. The summed E-state index contributed by atoms with van der Waals surface area (Å²) in [6.45, 7) is 0. The third kappa shape index (κ3) is 1.81. The number of alkyl halides is 1. The number of methoxy groups -OCH3 is 1. The molecule has 5 heteroatoms. The molecule has 1 heterocycles. The monoisotopic (exact) mass is 284 g/mol. The first-order chi connectivity index (χ1) is 8.74.